The van der Waals surface area contributed by atoms with E-state index in [2.05, 4.69) is 5.32 Å². The molecule has 0 unspecified atom stereocenters. The molecule has 0 fully saturated rings. The van der Waals surface area contributed by atoms with E-state index in [0.29, 0.717) is 18.8 Å². The summed E-state index contributed by atoms with van der Waals surface area (Å²) in [5.74, 6) is 0.549. The van der Waals surface area contributed by atoms with Crippen molar-refractivity contribution in [2.24, 2.45) is 0 Å². The van der Waals surface area contributed by atoms with Crippen LogP contribution in [-0.4, -0.2) is 19.1 Å². The average molecular weight is 313 g/mol. The van der Waals surface area contributed by atoms with Crippen LogP contribution in [0.3, 0.4) is 0 Å². The number of benzene rings is 2. The Labute approximate surface area is 137 Å². The lowest BCUT2D eigenvalue weighted by Crippen LogP contribution is -2.32. The van der Waals surface area contributed by atoms with Gasteiger partial charge in [0.25, 0.3) is 5.91 Å². The zero-order valence-electron chi connectivity index (χ0n) is 13.8. The van der Waals surface area contributed by atoms with Crippen LogP contribution in [0.1, 0.15) is 24.5 Å². The molecule has 2 rings (SSSR count). The SMILES string of the molecule is CC[C@@H](Oc1ccc(C)cc1)C(=O)Nc1cccc(COC)c1. The van der Waals surface area contributed by atoms with Crippen LogP contribution in [0.15, 0.2) is 48.5 Å². The van der Waals surface area contributed by atoms with Crippen LogP contribution in [0, 0.1) is 6.92 Å². The predicted octanol–water partition coefficient (Wildman–Crippen LogP) is 3.94. The average Bonchev–Trinajstić information content (AvgIpc) is 2.55. The third-order valence-corrected chi connectivity index (χ3v) is 3.47. The first-order valence-electron chi connectivity index (χ1n) is 7.74. The smallest absolute Gasteiger partial charge is 0.265 e. The van der Waals surface area contributed by atoms with Gasteiger partial charge in [-0.2, -0.15) is 0 Å². The fourth-order valence-electron chi connectivity index (χ4n) is 2.23. The van der Waals surface area contributed by atoms with Crippen LogP contribution >= 0.6 is 0 Å². The molecule has 0 radical (unpaired) electrons. The summed E-state index contributed by atoms with van der Waals surface area (Å²) < 4.78 is 10.9. The summed E-state index contributed by atoms with van der Waals surface area (Å²) >= 11 is 0. The van der Waals surface area contributed by atoms with Crippen LogP contribution in [0.5, 0.6) is 5.75 Å². The number of carbonyl (C=O) groups excluding carboxylic acids is 1. The van der Waals surface area contributed by atoms with Crippen molar-refractivity contribution in [3.63, 3.8) is 0 Å². The molecule has 23 heavy (non-hydrogen) atoms. The van der Waals surface area contributed by atoms with E-state index in [9.17, 15) is 4.79 Å². The third-order valence-electron chi connectivity index (χ3n) is 3.47. The highest BCUT2D eigenvalue weighted by Crippen LogP contribution is 2.17. The van der Waals surface area contributed by atoms with Gasteiger partial charge in [-0.1, -0.05) is 36.8 Å². The first-order valence-corrected chi connectivity index (χ1v) is 7.74. The summed E-state index contributed by atoms with van der Waals surface area (Å²) in [6.45, 7) is 4.46. The van der Waals surface area contributed by atoms with Crippen LogP contribution in [0.4, 0.5) is 5.69 Å². The Morgan fingerprint density at radius 2 is 1.91 bits per heavy atom. The molecule has 1 atom stereocenters. The number of hydrogen-bond acceptors (Lipinski definition) is 3. The first kappa shape index (κ1) is 17.0. The van der Waals surface area contributed by atoms with Gasteiger partial charge in [0.05, 0.1) is 6.61 Å². The van der Waals surface area contributed by atoms with Crippen molar-refractivity contribution in [1.29, 1.82) is 0 Å². The van der Waals surface area contributed by atoms with E-state index in [1.807, 2.05) is 62.4 Å². The van der Waals surface area contributed by atoms with Crippen molar-refractivity contribution < 1.29 is 14.3 Å². The molecule has 0 aliphatic rings. The number of carbonyl (C=O) groups is 1. The highest BCUT2D eigenvalue weighted by Gasteiger charge is 2.18. The molecular weight excluding hydrogens is 290 g/mol. The number of anilines is 1. The first-order chi connectivity index (χ1) is 11.1. The van der Waals surface area contributed by atoms with Gasteiger partial charge in [0.2, 0.25) is 0 Å². The molecule has 1 N–H and O–H groups in total. The van der Waals surface area contributed by atoms with Gasteiger partial charge in [0.15, 0.2) is 6.10 Å². The van der Waals surface area contributed by atoms with Crippen LogP contribution < -0.4 is 10.1 Å². The Hall–Kier alpha value is -2.33. The number of ether oxygens (including phenoxy) is 2. The quantitative estimate of drug-likeness (QED) is 0.842. The van der Waals surface area contributed by atoms with E-state index in [1.165, 1.54) is 0 Å². The van der Waals surface area contributed by atoms with Crippen molar-refractivity contribution in [1.82, 2.24) is 0 Å². The molecule has 1 amide bonds. The number of rotatable bonds is 7. The minimum atomic E-state index is -0.524. The van der Waals surface area contributed by atoms with Gasteiger partial charge in [0, 0.05) is 12.8 Å². The van der Waals surface area contributed by atoms with Gasteiger partial charge in [-0.05, 0) is 43.2 Å². The van der Waals surface area contributed by atoms with Gasteiger partial charge >= 0.3 is 0 Å². The Kier molecular flexibility index (Phi) is 6.18. The van der Waals surface area contributed by atoms with Gasteiger partial charge in [-0.25, -0.2) is 0 Å². The summed E-state index contributed by atoms with van der Waals surface area (Å²) in [6, 6.07) is 15.3. The molecule has 0 saturated carbocycles. The van der Waals surface area contributed by atoms with Crippen LogP contribution in [-0.2, 0) is 16.1 Å². The third kappa shape index (κ3) is 5.11. The number of aryl methyl sites for hydroxylation is 1. The number of hydrogen-bond donors (Lipinski definition) is 1. The van der Waals surface area contributed by atoms with E-state index in [4.69, 9.17) is 9.47 Å². The van der Waals surface area contributed by atoms with Gasteiger partial charge in [0.1, 0.15) is 5.75 Å². The highest BCUT2D eigenvalue weighted by atomic mass is 16.5. The molecule has 0 bridgehead atoms. The number of amides is 1. The summed E-state index contributed by atoms with van der Waals surface area (Å²) in [6.07, 6.45) is 0.0704. The van der Waals surface area contributed by atoms with Gasteiger partial charge in [-0.3, -0.25) is 4.79 Å². The largest absolute Gasteiger partial charge is 0.481 e. The molecule has 0 spiro atoms. The normalized spacial score (nSPS) is 11.8. The number of nitrogens with one attached hydrogen (secondary N) is 1. The fourth-order valence-corrected chi connectivity index (χ4v) is 2.23. The molecule has 0 aliphatic carbocycles. The number of methoxy groups -OCH3 is 1. The molecule has 0 aliphatic heterocycles. The molecule has 0 aromatic heterocycles. The second-order valence-corrected chi connectivity index (χ2v) is 5.45. The molecule has 0 heterocycles. The topological polar surface area (TPSA) is 47.6 Å². The van der Waals surface area contributed by atoms with Gasteiger partial charge < -0.3 is 14.8 Å². The monoisotopic (exact) mass is 313 g/mol. The van der Waals surface area contributed by atoms with Crippen molar-refractivity contribution in [2.45, 2.75) is 33.0 Å². The lowest BCUT2D eigenvalue weighted by Gasteiger charge is -2.17. The Balaban J connectivity index is 2.02. The summed E-state index contributed by atoms with van der Waals surface area (Å²) in [4.78, 5) is 12.4. The molecule has 2 aromatic rings. The zero-order chi connectivity index (χ0) is 16.7. The van der Waals surface area contributed by atoms with Crippen molar-refractivity contribution in [3.8, 4) is 5.75 Å². The Bertz CT molecular complexity index is 637. The van der Waals surface area contributed by atoms with E-state index < -0.39 is 6.10 Å². The minimum Gasteiger partial charge on any atom is -0.481 e. The molecular formula is C19H23NO3. The van der Waals surface area contributed by atoms with E-state index >= 15 is 0 Å². The summed E-state index contributed by atoms with van der Waals surface area (Å²) in [5.41, 5.74) is 2.91. The molecule has 4 nitrogen and oxygen atoms in total. The fraction of sp³-hybridized carbons (Fsp3) is 0.316. The summed E-state index contributed by atoms with van der Waals surface area (Å²) in [5, 5.41) is 2.90. The lowest BCUT2D eigenvalue weighted by atomic mass is 10.2. The summed E-state index contributed by atoms with van der Waals surface area (Å²) in [7, 11) is 1.65. The zero-order valence-corrected chi connectivity index (χ0v) is 13.8. The van der Waals surface area contributed by atoms with Crippen molar-refractivity contribution in [3.05, 3.63) is 59.7 Å². The highest BCUT2D eigenvalue weighted by molar-refractivity contribution is 5.94. The maximum atomic E-state index is 12.4. The maximum absolute atomic E-state index is 12.4. The molecule has 4 heteroatoms. The van der Waals surface area contributed by atoms with Crippen molar-refractivity contribution in [2.75, 3.05) is 12.4 Å². The van der Waals surface area contributed by atoms with Crippen LogP contribution in [0.25, 0.3) is 0 Å². The second kappa shape index (κ2) is 8.34. The predicted molar refractivity (Wildman–Crippen MR) is 91.7 cm³/mol. The molecule has 2 aromatic carbocycles. The molecule has 122 valence electrons. The standard InChI is InChI=1S/C19H23NO3/c1-4-18(23-17-10-8-14(2)9-11-17)19(21)20-16-7-5-6-15(12-16)13-22-3/h5-12,18H,4,13H2,1-3H3,(H,20,21)/t18-/m1/s1. The van der Waals surface area contributed by atoms with E-state index in [1.54, 1.807) is 7.11 Å². The Morgan fingerprint density at radius 1 is 1.17 bits per heavy atom. The Morgan fingerprint density at radius 3 is 2.57 bits per heavy atom. The molecule has 0 saturated heterocycles. The minimum absolute atomic E-state index is 0.150. The van der Waals surface area contributed by atoms with Crippen molar-refractivity contribution >= 4 is 11.6 Å². The van der Waals surface area contributed by atoms with E-state index in [-0.39, 0.29) is 5.91 Å². The lowest BCUT2D eigenvalue weighted by molar-refractivity contribution is -0.122. The van der Waals surface area contributed by atoms with Crippen LogP contribution in [0.2, 0.25) is 0 Å². The van der Waals surface area contributed by atoms with Gasteiger partial charge in [-0.15, -0.1) is 0 Å². The van der Waals surface area contributed by atoms with E-state index in [0.717, 1.165) is 16.8 Å². The second-order valence-electron chi connectivity index (χ2n) is 5.45. The maximum Gasteiger partial charge on any atom is 0.265 e.